The Balaban J connectivity index is 1.58. The van der Waals surface area contributed by atoms with Gasteiger partial charge in [0.2, 0.25) is 0 Å². The number of benzene rings is 1. The van der Waals surface area contributed by atoms with Gasteiger partial charge < -0.3 is 5.32 Å². The lowest BCUT2D eigenvalue weighted by atomic mass is 10.0. The first kappa shape index (κ1) is 16.7. The first-order chi connectivity index (χ1) is 11.6. The third-order valence-corrected chi connectivity index (χ3v) is 4.76. The summed E-state index contributed by atoms with van der Waals surface area (Å²) in [5.41, 5.74) is 1.26. The van der Waals surface area contributed by atoms with Crippen LogP contribution in [0.1, 0.15) is 47.7 Å². The molecule has 0 spiro atoms. The maximum absolute atomic E-state index is 12.2. The van der Waals surface area contributed by atoms with Crippen molar-refractivity contribution in [2.24, 2.45) is 0 Å². The highest BCUT2D eigenvalue weighted by molar-refractivity contribution is 6.33. The highest BCUT2D eigenvalue weighted by Crippen LogP contribution is 2.32. The van der Waals surface area contributed by atoms with Crippen molar-refractivity contribution in [3.05, 3.63) is 63.3 Å². The molecule has 0 bridgehead atoms. The lowest BCUT2D eigenvalue weighted by molar-refractivity contribution is 0.0952. The zero-order valence-corrected chi connectivity index (χ0v) is 14.1. The standard InChI is InChI=1S/C18H20ClN3O2/c19-15-8-4-3-7-14(15)18(24)20-9-10-22-12-21-16(11-17(22)23)13-5-1-2-6-13/h3-4,7-8,11-13H,1-2,5-6,9-10H2,(H,20,24). The van der Waals surface area contributed by atoms with E-state index in [2.05, 4.69) is 10.3 Å². The van der Waals surface area contributed by atoms with Crippen LogP contribution in [-0.4, -0.2) is 22.0 Å². The van der Waals surface area contributed by atoms with Crippen molar-refractivity contribution < 1.29 is 4.79 Å². The van der Waals surface area contributed by atoms with Gasteiger partial charge in [0.05, 0.1) is 22.6 Å². The smallest absolute Gasteiger partial charge is 0.253 e. The molecular weight excluding hydrogens is 326 g/mol. The monoisotopic (exact) mass is 345 g/mol. The molecule has 0 unspecified atom stereocenters. The van der Waals surface area contributed by atoms with Gasteiger partial charge in [-0.25, -0.2) is 4.98 Å². The fourth-order valence-corrected chi connectivity index (χ4v) is 3.30. The molecule has 6 heteroatoms. The molecule has 1 aliphatic rings. The van der Waals surface area contributed by atoms with Crippen LogP contribution >= 0.6 is 11.6 Å². The van der Waals surface area contributed by atoms with E-state index in [4.69, 9.17) is 11.6 Å². The van der Waals surface area contributed by atoms with E-state index >= 15 is 0 Å². The van der Waals surface area contributed by atoms with Crippen molar-refractivity contribution in [3.63, 3.8) is 0 Å². The number of carbonyl (C=O) groups excluding carboxylic acids is 1. The number of hydrogen-bond acceptors (Lipinski definition) is 3. The minimum atomic E-state index is -0.246. The number of amides is 1. The topological polar surface area (TPSA) is 64.0 Å². The van der Waals surface area contributed by atoms with E-state index in [0.29, 0.717) is 29.6 Å². The molecule has 2 aromatic rings. The molecule has 0 atom stereocenters. The Morgan fingerprint density at radius 3 is 2.75 bits per heavy atom. The predicted octanol–water partition coefficient (Wildman–Crippen LogP) is 2.98. The molecule has 1 N–H and O–H groups in total. The lowest BCUT2D eigenvalue weighted by Crippen LogP contribution is -2.31. The van der Waals surface area contributed by atoms with Gasteiger partial charge in [0.1, 0.15) is 0 Å². The van der Waals surface area contributed by atoms with Crippen molar-refractivity contribution in [2.45, 2.75) is 38.1 Å². The predicted molar refractivity (Wildman–Crippen MR) is 93.5 cm³/mol. The molecule has 1 aromatic heterocycles. The van der Waals surface area contributed by atoms with Gasteiger partial charge in [0.25, 0.3) is 11.5 Å². The molecule has 1 amide bonds. The van der Waals surface area contributed by atoms with Crippen molar-refractivity contribution in [3.8, 4) is 0 Å². The van der Waals surface area contributed by atoms with E-state index in [-0.39, 0.29) is 11.5 Å². The zero-order chi connectivity index (χ0) is 16.9. The van der Waals surface area contributed by atoms with Crippen molar-refractivity contribution in [1.82, 2.24) is 14.9 Å². The number of aromatic nitrogens is 2. The SMILES string of the molecule is O=C(NCCn1cnc(C2CCCC2)cc1=O)c1ccccc1Cl. The average Bonchev–Trinajstić information content (AvgIpc) is 3.11. The molecule has 1 heterocycles. The summed E-state index contributed by atoms with van der Waals surface area (Å²) in [7, 11) is 0. The molecule has 1 saturated carbocycles. The molecule has 0 saturated heterocycles. The average molecular weight is 346 g/mol. The summed E-state index contributed by atoms with van der Waals surface area (Å²) in [6.45, 7) is 0.724. The molecule has 1 fully saturated rings. The third kappa shape index (κ3) is 3.85. The van der Waals surface area contributed by atoms with Gasteiger partial charge in [-0.15, -0.1) is 0 Å². The second kappa shape index (κ2) is 7.62. The molecular formula is C18H20ClN3O2. The minimum Gasteiger partial charge on any atom is -0.350 e. The van der Waals surface area contributed by atoms with Gasteiger partial charge in [-0.05, 0) is 25.0 Å². The summed E-state index contributed by atoms with van der Waals surface area (Å²) in [6, 6.07) is 8.51. The van der Waals surface area contributed by atoms with Crippen LogP contribution in [0.25, 0.3) is 0 Å². The van der Waals surface area contributed by atoms with Crippen molar-refractivity contribution >= 4 is 17.5 Å². The van der Waals surface area contributed by atoms with Crippen molar-refractivity contribution in [2.75, 3.05) is 6.54 Å². The van der Waals surface area contributed by atoms with Crippen LogP contribution < -0.4 is 10.9 Å². The highest BCUT2D eigenvalue weighted by Gasteiger charge is 2.19. The van der Waals surface area contributed by atoms with Crippen LogP contribution in [0.5, 0.6) is 0 Å². The molecule has 24 heavy (non-hydrogen) atoms. The molecule has 126 valence electrons. The Kier molecular flexibility index (Phi) is 5.30. The summed E-state index contributed by atoms with van der Waals surface area (Å²) in [5.74, 6) is 0.177. The number of nitrogens with one attached hydrogen (secondary N) is 1. The fourth-order valence-electron chi connectivity index (χ4n) is 3.08. The number of rotatable bonds is 5. The van der Waals surface area contributed by atoms with Gasteiger partial charge in [0, 0.05) is 25.1 Å². The zero-order valence-electron chi connectivity index (χ0n) is 13.4. The summed E-state index contributed by atoms with van der Waals surface area (Å²) in [4.78, 5) is 28.7. The first-order valence-corrected chi connectivity index (χ1v) is 8.62. The highest BCUT2D eigenvalue weighted by atomic mass is 35.5. The molecule has 1 aromatic carbocycles. The van der Waals surface area contributed by atoms with E-state index in [1.54, 1.807) is 36.7 Å². The fraction of sp³-hybridized carbons (Fsp3) is 0.389. The quantitative estimate of drug-likeness (QED) is 0.906. The summed E-state index contributed by atoms with van der Waals surface area (Å²) < 4.78 is 1.52. The Bertz CT molecular complexity index is 782. The summed E-state index contributed by atoms with van der Waals surface area (Å²) in [5, 5.41) is 3.19. The minimum absolute atomic E-state index is 0.0705. The Hall–Kier alpha value is -2.14. The van der Waals surface area contributed by atoms with Crippen molar-refractivity contribution in [1.29, 1.82) is 0 Å². The largest absolute Gasteiger partial charge is 0.350 e. The van der Waals surface area contributed by atoms with Crippen LogP contribution in [0, 0.1) is 0 Å². The van der Waals surface area contributed by atoms with Crippen LogP contribution in [0.15, 0.2) is 41.5 Å². The van der Waals surface area contributed by atoms with Crippen LogP contribution in [0.3, 0.4) is 0 Å². The van der Waals surface area contributed by atoms with Gasteiger partial charge in [-0.2, -0.15) is 0 Å². The Morgan fingerprint density at radius 2 is 2.04 bits per heavy atom. The van der Waals surface area contributed by atoms with E-state index in [1.807, 2.05) is 0 Å². The maximum atomic E-state index is 12.2. The molecule has 0 aliphatic heterocycles. The number of carbonyl (C=O) groups is 1. The maximum Gasteiger partial charge on any atom is 0.253 e. The lowest BCUT2D eigenvalue weighted by Gasteiger charge is -2.11. The van der Waals surface area contributed by atoms with E-state index in [0.717, 1.165) is 18.5 Å². The van der Waals surface area contributed by atoms with Crippen LogP contribution in [-0.2, 0) is 6.54 Å². The number of hydrogen-bond donors (Lipinski definition) is 1. The second-order valence-corrected chi connectivity index (χ2v) is 6.47. The van der Waals surface area contributed by atoms with E-state index in [9.17, 15) is 9.59 Å². The van der Waals surface area contributed by atoms with Gasteiger partial charge in [-0.3, -0.25) is 14.2 Å². The Morgan fingerprint density at radius 1 is 1.29 bits per heavy atom. The van der Waals surface area contributed by atoms with Gasteiger partial charge in [-0.1, -0.05) is 36.6 Å². The summed E-state index contributed by atoms with van der Waals surface area (Å²) >= 11 is 5.99. The molecule has 1 aliphatic carbocycles. The molecule has 0 radical (unpaired) electrons. The van der Waals surface area contributed by atoms with Crippen LogP contribution in [0.4, 0.5) is 0 Å². The third-order valence-electron chi connectivity index (χ3n) is 4.43. The van der Waals surface area contributed by atoms with Gasteiger partial charge in [0.15, 0.2) is 0 Å². The first-order valence-electron chi connectivity index (χ1n) is 8.24. The van der Waals surface area contributed by atoms with E-state index < -0.39 is 0 Å². The second-order valence-electron chi connectivity index (χ2n) is 6.06. The molecule has 3 rings (SSSR count). The summed E-state index contributed by atoms with van der Waals surface area (Å²) in [6.07, 6.45) is 6.24. The molecule has 5 nitrogen and oxygen atoms in total. The normalized spacial score (nSPS) is 14.7. The van der Waals surface area contributed by atoms with Gasteiger partial charge >= 0.3 is 0 Å². The number of halogens is 1. The van der Waals surface area contributed by atoms with Crippen LogP contribution in [0.2, 0.25) is 5.02 Å². The number of nitrogens with zero attached hydrogens (tertiary/aromatic N) is 2. The Labute approximate surface area is 145 Å². The van der Waals surface area contributed by atoms with E-state index in [1.165, 1.54) is 17.4 Å².